The van der Waals surface area contributed by atoms with Gasteiger partial charge < -0.3 is 5.32 Å². The van der Waals surface area contributed by atoms with Crippen LogP contribution in [0.1, 0.15) is 24.2 Å². The highest BCUT2D eigenvalue weighted by atomic mass is 35.5. The third-order valence-corrected chi connectivity index (χ3v) is 3.52. The van der Waals surface area contributed by atoms with E-state index in [2.05, 4.69) is 22.4 Å². The first-order valence-electron chi connectivity index (χ1n) is 5.12. The second-order valence-corrected chi connectivity index (χ2v) is 5.47. The topological polar surface area (TPSA) is 54.9 Å². The molecule has 0 saturated heterocycles. The zero-order chi connectivity index (χ0) is 12.8. The highest BCUT2D eigenvalue weighted by Crippen LogP contribution is 2.15. The summed E-state index contributed by atoms with van der Waals surface area (Å²) in [6, 6.07) is 1.47. The first-order valence-corrected chi connectivity index (χ1v) is 7.03. The van der Waals surface area contributed by atoms with Crippen molar-refractivity contribution in [3.63, 3.8) is 0 Å². The Morgan fingerprint density at radius 3 is 2.88 bits per heavy atom. The van der Waals surface area contributed by atoms with Gasteiger partial charge in [0.25, 0.3) is 5.91 Å². The number of halogens is 2. The third kappa shape index (κ3) is 4.69. The van der Waals surface area contributed by atoms with Gasteiger partial charge in [-0.15, -0.1) is 10.2 Å². The van der Waals surface area contributed by atoms with Gasteiger partial charge >= 0.3 is 0 Å². The maximum absolute atomic E-state index is 11.9. The number of carbonyl (C=O) groups excluding carboxylic acids is 1. The normalized spacial score (nSPS) is 12.2. The summed E-state index contributed by atoms with van der Waals surface area (Å²) in [4.78, 5) is 11.9. The summed E-state index contributed by atoms with van der Waals surface area (Å²) in [7, 11) is 0. The lowest BCUT2D eigenvalue weighted by atomic mass is 10.2. The molecule has 0 spiro atoms. The zero-order valence-corrected chi connectivity index (χ0v) is 11.9. The Morgan fingerprint density at radius 2 is 2.24 bits per heavy atom. The van der Waals surface area contributed by atoms with Crippen molar-refractivity contribution in [1.82, 2.24) is 15.5 Å². The van der Waals surface area contributed by atoms with Gasteiger partial charge in [0.15, 0.2) is 10.3 Å². The van der Waals surface area contributed by atoms with Crippen molar-refractivity contribution in [1.29, 1.82) is 0 Å². The minimum Gasteiger partial charge on any atom is -0.349 e. The number of rotatable bonds is 5. The standard InChI is InChI=1S/C10H13Cl2N3OS/c1-3-17-5-6(2)13-10(16)7-4-8(11)14-15-9(7)12/h4,6H,3,5H2,1-2H3,(H,13,16). The Bertz CT molecular complexity index is 403. The summed E-state index contributed by atoms with van der Waals surface area (Å²) >= 11 is 13.2. The van der Waals surface area contributed by atoms with Crippen LogP contribution >= 0.6 is 35.0 Å². The van der Waals surface area contributed by atoms with Crippen LogP contribution in [0.25, 0.3) is 0 Å². The average molecular weight is 294 g/mol. The minimum atomic E-state index is -0.281. The van der Waals surface area contributed by atoms with Gasteiger partial charge in [-0.25, -0.2) is 0 Å². The van der Waals surface area contributed by atoms with E-state index in [1.165, 1.54) is 6.07 Å². The molecule has 1 unspecified atom stereocenters. The number of carbonyl (C=O) groups is 1. The first kappa shape index (κ1) is 14.5. The molecule has 0 aliphatic heterocycles. The van der Waals surface area contributed by atoms with Gasteiger partial charge in [-0.1, -0.05) is 30.1 Å². The summed E-state index contributed by atoms with van der Waals surface area (Å²) in [5.74, 6) is 1.59. The van der Waals surface area contributed by atoms with E-state index < -0.39 is 0 Å². The van der Waals surface area contributed by atoms with E-state index >= 15 is 0 Å². The average Bonchev–Trinajstić information content (AvgIpc) is 2.29. The van der Waals surface area contributed by atoms with Crippen LogP contribution in [0.5, 0.6) is 0 Å². The monoisotopic (exact) mass is 293 g/mol. The van der Waals surface area contributed by atoms with Crippen LogP contribution in [0.2, 0.25) is 10.3 Å². The summed E-state index contributed by atoms with van der Waals surface area (Å²) < 4.78 is 0. The molecule has 0 aliphatic carbocycles. The molecule has 1 N–H and O–H groups in total. The SMILES string of the molecule is CCSCC(C)NC(=O)c1cc(Cl)nnc1Cl. The van der Waals surface area contributed by atoms with Gasteiger partial charge in [-0.05, 0) is 18.7 Å². The minimum absolute atomic E-state index is 0.0576. The van der Waals surface area contributed by atoms with Gasteiger partial charge in [0.2, 0.25) is 0 Å². The van der Waals surface area contributed by atoms with E-state index in [0.29, 0.717) is 0 Å². The first-order chi connectivity index (χ1) is 8.04. The number of nitrogens with one attached hydrogen (secondary N) is 1. The molecule has 94 valence electrons. The second kappa shape index (κ2) is 7.03. The van der Waals surface area contributed by atoms with E-state index in [9.17, 15) is 4.79 Å². The Morgan fingerprint density at radius 1 is 1.53 bits per heavy atom. The lowest BCUT2D eigenvalue weighted by Crippen LogP contribution is -2.34. The molecule has 1 amide bonds. The van der Waals surface area contributed by atoms with Crippen molar-refractivity contribution >= 4 is 40.9 Å². The van der Waals surface area contributed by atoms with Crippen molar-refractivity contribution < 1.29 is 4.79 Å². The fourth-order valence-electron chi connectivity index (χ4n) is 1.15. The van der Waals surface area contributed by atoms with Gasteiger partial charge in [0.05, 0.1) is 5.56 Å². The van der Waals surface area contributed by atoms with E-state index in [1.807, 2.05) is 6.92 Å². The van der Waals surface area contributed by atoms with Crippen molar-refractivity contribution in [3.8, 4) is 0 Å². The predicted octanol–water partition coefficient (Wildman–Crippen LogP) is 2.65. The molecule has 1 aromatic heterocycles. The largest absolute Gasteiger partial charge is 0.349 e. The molecule has 0 aliphatic rings. The van der Waals surface area contributed by atoms with Crippen molar-refractivity contribution in [2.75, 3.05) is 11.5 Å². The molecule has 4 nitrogen and oxygen atoms in total. The van der Waals surface area contributed by atoms with Crippen molar-refractivity contribution in [3.05, 3.63) is 21.9 Å². The second-order valence-electron chi connectivity index (χ2n) is 3.41. The van der Waals surface area contributed by atoms with E-state index in [4.69, 9.17) is 23.2 Å². The number of thioether (sulfide) groups is 1. The molecule has 7 heteroatoms. The highest BCUT2D eigenvalue weighted by molar-refractivity contribution is 7.99. The Balaban J connectivity index is 2.66. The fourth-order valence-corrected chi connectivity index (χ4v) is 2.15. The van der Waals surface area contributed by atoms with E-state index in [1.54, 1.807) is 11.8 Å². The molecule has 0 radical (unpaired) electrons. The van der Waals surface area contributed by atoms with Crippen LogP contribution in [0.4, 0.5) is 0 Å². The van der Waals surface area contributed by atoms with Crippen LogP contribution in [-0.2, 0) is 0 Å². The summed E-state index contributed by atoms with van der Waals surface area (Å²) in [6.07, 6.45) is 0. The Labute approximate surface area is 114 Å². The van der Waals surface area contributed by atoms with Crippen molar-refractivity contribution in [2.24, 2.45) is 0 Å². The van der Waals surface area contributed by atoms with Gasteiger partial charge in [-0.3, -0.25) is 4.79 Å². The van der Waals surface area contributed by atoms with Crippen LogP contribution in [0.3, 0.4) is 0 Å². The quantitative estimate of drug-likeness (QED) is 0.907. The Kier molecular flexibility index (Phi) is 6.02. The molecule has 0 aromatic carbocycles. The number of nitrogens with zero attached hydrogens (tertiary/aromatic N) is 2. The van der Waals surface area contributed by atoms with Crippen LogP contribution < -0.4 is 5.32 Å². The number of hydrogen-bond acceptors (Lipinski definition) is 4. The molecule has 0 bridgehead atoms. The van der Waals surface area contributed by atoms with E-state index in [0.717, 1.165) is 11.5 Å². The highest BCUT2D eigenvalue weighted by Gasteiger charge is 2.15. The van der Waals surface area contributed by atoms with Crippen LogP contribution in [-0.4, -0.2) is 33.7 Å². The smallest absolute Gasteiger partial charge is 0.254 e. The lowest BCUT2D eigenvalue weighted by Gasteiger charge is -2.13. The summed E-state index contributed by atoms with van der Waals surface area (Å²) in [6.45, 7) is 4.01. The molecule has 17 heavy (non-hydrogen) atoms. The zero-order valence-electron chi connectivity index (χ0n) is 9.54. The number of hydrogen-bond donors (Lipinski definition) is 1. The molecule has 0 fully saturated rings. The lowest BCUT2D eigenvalue weighted by molar-refractivity contribution is 0.0943. The molecule has 1 aromatic rings. The number of aromatic nitrogens is 2. The van der Waals surface area contributed by atoms with E-state index in [-0.39, 0.29) is 27.8 Å². The summed E-state index contributed by atoms with van der Waals surface area (Å²) in [5.41, 5.74) is 0.250. The van der Waals surface area contributed by atoms with Crippen LogP contribution in [0, 0.1) is 0 Å². The van der Waals surface area contributed by atoms with Gasteiger partial charge in [0.1, 0.15) is 0 Å². The molecular formula is C10H13Cl2N3OS. The van der Waals surface area contributed by atoms with Gasteiger partial charge in [-0.2, -0.15) is 11.8 Å². The third-order valence-electron chi connectivity index (χ3n) is 1.91. The fraction of sp³-hybridized carbons (Fsp3) is 0.500. The van der Waals surface area contributed by atoms with Crippen molar-refractivity contribution in [2.45, 2.75) is 19.9 Å². The molecule has 1 rings (SSSR count). The van der Waals surface area contributed by atoms with Gasteiger partial charge in [0, 0.05) is 11.8 Å². The maximum Gasteiger partial charge on any atom is 0.254 e. The molecule has 1 heterocycles. The Hall–Kier alpha value is -0.520. The number of amides is 1. The summed E-state index contributed by atoms with van der Waals surface area (Å²) in [5, 5.41) is 10.2. The molecule has 0 saturated carbocycles. The molecule has 1 atom stereocenters. The molecular weight excluding hydrogens is 281 g/mol. The van der Waals surface area contributed by atoms with Crippen LogP contribution in [0.15, 0.2) is 6.07 Å². The predicted molar refractivity (Wildman–Crippen MR) is 72.0 cm³/mol. The maximum atomic E-state index is 11.9.